The Bertz CT molecular complexity index is 524. The summed E-state index contributed by atoms with van der Waals surface area (Å²) in [5.41, 5.74) is 2.50. The number of benzene rings is 1. The molecule has 1 aromatic carbocycles. The summed E-state index contributed by atoms with van der Waals surface area (Å²) in [6.07, 6.45) is 3.33. The largest absolute Gasteiger partial charge is 0.239 e. The summed E-state index contributed by atoms with van der Waals surface area (Å²) in [4.78, 5) is 0. The molecule has 0 radical (unpaired) electrons. The Morgan fingerprint density at radius 2 is 1.86 bits per heavy atom. The summed E-state index contributed by atoms with van der Waals surface area (Å²) >= 11 is 2.07. The predicted octanol–water partition coefficient (Wildman–Crippen LogP) is 3.66. The Morgan fingerprint density at radius 3 is 2.48 bits per heavy atom. The van der Waals surface area contributed by atoms with Gasteiger partial charge in [-0.15, -0.1) is 0 Å². The molecule has 1 aromatic rings. The summed E-state index contributed by atoms with van der Waals surface area (Å²) in [6, 6.07) is 6.87. The maximum Gasteiger partial charge on any atom is 0.123 e. The highest BCUT2D eigenvalue weighted by molar-refractivity contribution is 8.00. The van der Waals surface area contributed by atoms with Gasteiger partial charge in [-0.3, -0.25) is 0 Å². The van der Waals surface area contributed by atoms with Crippen LogP contribution in [0.25, 0.3) is 5.57 Å². The van der Waals surface area contributed by atoms with Crippen molar-refractivity contribution in [3.05, 3.63) is 41.7 Å². The van der Waals surface area contributed by atoms with E-state index in [1.165, 1.54) is 11.3 Å². The van der Waals surface area contributed by atoms with Crippen molar-refractivity contribution in [1.82, 2.24) is 10.0 Å². The summed E-state index contributed by atoms with van der Waals surface area (Å²) < 4.78 is 13.3. The number of thioether (sulfide) groups is 1. The third-order valence-corrected chi connectivity index (χ3v) is 5.51. The lowest BCUT2D eigenvalue weighted by Crippen LogP contribution is -2.53. The first-order chi connectivity index (χ1) is 10.0. The van der Waals surface area contributed by atoms with Gasteiger partial charge in [0.05, 0.1) is 0 Å². The fraction of sp³-hybridized carbons (Fsp3) is 0.529. The van der Waals surface area contributed by atoms with Crippen LogP contribution in [0.3, 0.4) is 0 Å². The SMILES string of the molecule is CC1(C)CN(N2CC=C(c3ccc(F)cc3)CC2)CCS1. The molecule has 0 amide bonds. The molecule has 2 heterocycles. The second kappa shape index (κ2) is 6.11. The van der Waals surface area contributed by atoms with Gasteiger partial charge in [0.1, 0.15) is 5.82 Å². The lowest BCUT2D eigenvalue weighted by Gasteiger charge is -2.44. The van der Waals surface area contributed by atoms with Crippen molar-refractivity contribution in [2.75, 3.05) is 31.9 Å². The minimum atomic E-state index is -0.162. The van der Waals surface area contributed by atoms with Crippen molar-refractivity contribution >= 4 is 17.3 Å². The number of nitrogens with zero attached hydrogens (tertiary/aromatic N) is 2. The number of hydrogen-bond donors (Lipinski definition) is 0. The monoisotopic (exact) mass is 306 g/mol. The van der Waals surface area contributed by atoms with Crippen molar-refractivity contribution < 1.29 is 4.39 Å². The van der Waals surface area contributed by atoms with Crippen molar-refractivity contribution in [1.29, 1.82) is 0 Å². The molecular weight excluding hydrogens is 283 g/mol. The van der Waals surface area contributed by atoms with Gasteiger partial charge in [-0.05, 0) is 43.5 Å². The Balaban J connectivity index is 1.65. The third-order valence-electron chi connectivity index (χ3n) is 4.21. The molecule has 2 aliphatic rings. The Hall–Kier alpha value is -0.840. The number of halogens is 1. The first-order valence-electron chi connectivity index (χ1n) is 7.62. The second-order valence-electron chi connectivity index (χ2n) is 6.40. The van der Waals surface area contributed by atoms with Crippen LogP contribution >= 0.6 is 11.8 Å². The number of hydrogen-bond acceptors (Lipinski definition) is 3. The van der Waals surface area contributed by atoms with Crippen molar-refractivity contribution in [2.24, 2.45) is 0 Å². The van der Waals surface area contributed by atoms with Gasteiger partial charge in [0.15, 0.2) is 0 Å². The topological polar surface area (TPSA) is 6.48 Å². The average Bonchev–Trinajstić information content (AvgIpc) is 2.47. The van der Waals surface area contributed by atoms with E-state index in [2.05, 4.69) is 41.7 Å². The zero-order chi connectivity index (χ0) is 14.9. The van der Waals surface area contributed by atoms with Crippen LogP contribution in [0, 0.1) is 5.82 Å². The van der Waals surface area contributed by atoms with Crippen LogP contribution in [0.5, 0.6) is 0 Å². The number of rotatable bonds is 2. The zero-order valence-corrected chi connectivity index (χ0v) is 13.6. The highest BCUT2D eigenvalue weighted by Gasteiger charge is 2.30. The molecule has 0 spiro atoms. The molecule has 0 aliphatic carbocycles. The molecule has 1 saturated heterocycles. The lowest BCUT2D eigenvalue weighted by molar-refractivity contribution is -0.0191. The van der Waals surface area contributed by atoms with E-state index in [4.69, 9.17) is 0 Å². The molecule has 2 nitrogen and oxygen atoms in total. The van der Waals surface area contributed by atoms with E-state index in [0.717, 1.165) is 38.2 Å². The molecule has 0 bridgehead atoms. The first kappa shape index (κ1) is 15.1. The van der Waals surface area contributed by atoms with Gasteiger partial charge in [0, 0.05) is 36.7 Å². The molecule has 0 aromatic heterocycles. The Kier molecular flexibility index (Phi) is 4.38. The van der Waals surface area contributed by atoms with Gasteiger partial charge in [0.25, 0.3) is 0 Å². The molecule has 0 atom stereocenters. The fourth-order valence-corrected chi connectivity index (χ4v) is 4.17. The lowest BCUT2D eigenvalue weighted by atomic mass is 10.00. The van der Waals surface area contributed by atoms with Gasteiger partial charge < -0.3 is 0 Å². The molecular formula is C17H23FN2S. The molecule has 4 heteroatoms. The molecule has 2 aliphatic heterocycles. The van der Waals surface area contributed by atoms with Crippen molar-refractivity contribution in [3.63, 3.8) is 0 Å². The van der Waals surface area contributed by atoms with Gasteiger partial charge in [-0.1, -0.05) is 18.2 Å². The first-order valence-corrected chi connectivity index (χ1v) is 8.61. The maximum atomic E-state index is 13.0. The van der Waals surface area contributed by atoms with Crippen LogP contribution in [-0.4, -0.2) is 46.7 Å². The van der Waals surface area contributed by atoms with E-state index >= 15 is 0 Å². The van der Waals surface area contributed by atoms with Crippen molar-refractivity contribution in [2.45, 2.75) is 25.0 Å². The molecule has 1 fully saturated rings. The van der Waals surface area contributed by atoms with Crippen LogP contribution in [-0.2, 0) is 0 Å². The molecule has 3 rings (SSSR count). The highest BCUT2D eigenvalue weighted by atomic mass is 32.2. The van der Waals surface area contributed by atoms with Gasteiger partial charge in [0.2, 0.25) is 0 Å². The van der Waals surface area contributed by atoms with Crippen LogP contribution in [0.1, 0.15) is 25.8 Å². The Morgan fingerprint density at radius 1 is 1.10 bits per heavy atom. The fourth-order valence-electron chi connectivity index (χ4n) is 3.07. The summed E-state index contributed by atoms with van der Waals surface area (Å²) in [5.74, 6) is 1.04. The smallest absolute Gasteiger partial charge is 0.123 e. The predicted molar refractivity (Wildman–Crippen MR) is 88.7 cm³/mol. The van der Waals surface area contributed by atoms with Crippen LogP contribution in [0.15, 0.2) is 30.3 Å². The van der Waals surface area contributed by atoms with Gasteiger partial charge in [-0.25, -0.2) is 14.4 Å². The van der Waals surface area contributed by atoms with E-state index in [1.54, 1.807) is 12.1 Å². The second-order valence-corrected chi connectivity index (χ2v) is 8.20. The van der Waals surface area contributed by atoms with E-state index in [1.807, 2.05) is 12.1 Å². The third kappa shape index (κ3) is 3.68. The van der Waals surface area contributed by atoms with Crippen LogP contribution < -0.4 is 0 Å². The van der Waals surface area contributed by atoms with E-state index < -0.39 is 0 Å². The van der Waals surface area contributed by atoms with E-state index in [-0.39, 0.29) is 5.82 Å². The molecule has 0 N–H and O–H groups in total. The Labute approximate surface area is 131 Å². The van der Waals surface area contributed by atoms with Crippen LogP contribution in [0.4, 0.5) is 4.39 Å². The molecule has 0 unspecified atom stereocenters. The normalized spacial score (nSPS) is 23.9. The minimum absolute atomic E-state index is 0.162. The molecule has 0 saturated carbocycles. The van der Waals surface area contributed by atoms with Gasteiger partial charge >= 0.3 is 0 Å². The van der Waals surface area contributed by atoms with Crippen molar-refractivity contribution in [3.8, 4) is 0 Å². The zero-order valence-electron chi connectivity index (χ0n) is 12.8. The molecule has 21 heavy (non-hydrogen) atoms. The minimum Gasteiger partial charge on any atom is -0.239 e. The standard InChI is InChI=1S/C17H23FN2S/c1-17(2)13-20(11-12-21-17)19-9-7-15(8-10-19)14-3-5-16(18)6-4-14/h3-7H,8-13H2,1-2H3. The van der Waals surface area contributed by atoms with E-state index in [0.29, 0.717) is 4.75 Å². The highest BCUT2D eigenvalue weighted by Crippen LogP contribution is 2.31. The van der Waals surface area contributed by atoms with Gasteiger partial charge in [-0.2, -0.15) is 11.8 Å². The summed E-state index contributed by atoms with van der Waals surface area (Å²) in [6.45, 7) is 8.95. The summed E-state index contributed by atoms with van der Waals surface area (Å²) in [7, 11) is 0. The average molecular weight is 306 g/mol. The quantitative estimate of drug-likeness (QED) is 0.823. The number of hydrazine groups is 1. The summed E-state index contributed by atoms with van der Waals surface area (Å²) in [5, 5.41) is 4.98. The van der Waals surface area contributed by atoms with Crippen LogP contribution in [0.2, 0.25) is 0 Å². The molecule has 114 valence electrons. The van der Waals surface area contributed by atoms with E-state index in [9.17, 15) is 4.39 Å². The maximum absolute atomic E-state index is 13.0.